The first kappa shape index (κ1) is 18.3. The second kappa shape index (κ2) is 6.83. The van der Waals surface area contributed by atoms with E-state index < -0.39 is 11.6 Å². The SMILES string of the molecule is Cc1nc2sc([C@@H](c3ccc(F)c(F)c3)N3C[C@@H](C)C[C@H](C)C3)c(O)n2n1. The Bertz CT molecular complexity index is 976. The van der Waals surface area contributed by atoms with E-state index in [2.05, 4.69) is 28.8 Å². The van der Waals surface area contributed by atoms with E-state index in [9.17, 15) is 13.9 Å². The van der Waals surface area contributed by atoms with Crippen molar-refractivity contribution < 1.29 is 13.9 Å². The summed E-state index contributed by atoms with van der Waals surface area (Å²) in [5.41, 5.74) is 0.617. The molecule has 4 rings (SSSR count). The van der Waals surface area contributed by atoms with E-state index >= 15 is 0 Å². The minimum Gasteiger partial charge on any atom is -0.492 e. The highest BCUT2D eigenvalue weighted by molar-refractivity contribution is 7.17. The molecule has 0 bridgehead atoms. The lowest BCUT2D eigenvalue weighted by atomic mass is 9.89. The number of aromatic nitrogens is 3. The molecule has 1 fully saturated rings. The predicted molar refractivity (Wildman–Crippen MR) is 100.0 cm³/mol. The van der Waals surface area contributed by atoms with Gasteiger partial charge in [-0.25, -0.2) is 13.8 Å². The van der Waals surface area contributed by atoms with Crippen molar-refractivity contribution in [2.45, 2.75) is 33.2 Å². The van der Waals surface area contributed by atoms with Crippen LogP contribution in [0.1, 0.15) is 42.6 Å². The molecule has 1 aromatic carbocycles. The maximum atomic E-state index is 14.0. The Hall–Kier alpha value is -2.06. The normalized spacial score (nSPS) is 22.4. The number of fused-ring (bicyclic) bond motifs is 1. The fraction of sp³-hybridized carbons (Fsp3) is 0.474. The topological polar surface area (TPSA) is 53.7 Å². The molecule has 3 heterocycles. The van der Waals surface area contributed by atoms with Gasteiger partial charge in [0, 0.05) is 13.1 Å². The molecule has 1 N–H and O–H groups in total. The van der Waals surface area contributed by atoms with E-state index in [-0.39, 0.29) is 11.9 Å². The molecule has 0 amide bonds. The van der Waals surface area contributed by atoms with Gasteiger partial charge in [0.05, 0.1) is 10.9 Å². The third kappa shape index (κ3) is 3.32. The largest absolute Gasteiger partial charge is 0.492 e. The fourth-order valence-corrected chi connectivity index (χ4v) is 5.32. The van der Waals surface area contributed by atoms with Gasteiger partial charge < -0.3 is 5.11 Å². The third-order valence-electron chi connectivity index (χ3n) is 5.08. The zero-order valence-electron chi connectivity index (χ0n) is 15.5. The Balaban J connectivity index is 1.85. The number of thiazole rings is 1. The van der Waals surface area contributed by atoms with E-state index in [1.807, 2.05) is 0 Å². The molecule has 5 nitrogen and oxygen atoms in total. The van der Waals surface area contributed by atoms with Gasteiger partial charge in [-0.3, -0.25) is 4.90 Å². The first-order chi connectivity index (χ1) is 12.8. The zero-order valence-corrected chi connectivity index (χ0v) is 16.3. The molecule has 1 aliphatic heterocycles. The Morgan fingerprint density at radius 1 is 1.19 bits per heavy atom. The van der Waals surface area contributed by atoms with Gasteiger partial charge in [0.25, 0.3) is 0 Å². The monoisotopic (exact) mass is 392 g/mol. The molecular weight excluding hydrogens is 370 g/mol. The molecule has 144 valence electrons. The predicted octanol–water partition coefficient (Wildman–Crippen LogP) is 4.15. The number of aromatic hydroxyl groups is 1. The van der Waals surface area contributed by atoms with Crippen LogP contribution in [0.4, 0.5) is 8.78 Å². The lowest BCUT2D eigenvalue weighted by Gasteiger charge is -2.40. The van der Waals surface area contributed by atoms with Crippen LogP contribution < -0.4 is 0 Å². The summed E-state index contributed by atoms with van der Waals surface area (Å²) < 4.78 is 28.9. The van der Waals surface area contributed by atoms with Crippen molar-refractivity contribution in [1.82, 2.24) is 19.5 Å². The number of hydrogen-bond acceptors (Lipinski definition) is 5. The first-order valence-corrected chi connectivity index (χ1v) is 9.89. The van der Waals surface area contributed by atoms with Crippen LogP contribution in [-0.4, -0.2) is 37.7 Å². The highest BCUT2D eigenvalue weighted by atomic mass is 32.1. The number of nitrogens with zero attached hydrogens (tertiary/aromatic N) is 4. The molecule has 0 spiro atoms. The Kier molecular flexibility index (Phi) is 4.63. The summed E-state index contributed by atoms with van der Waals surface area (Å²) in [5, 5.41) is 15.0. The molecule has 27 heavy (non-hydrogen) atoms. The maximum absolute atomic E-state index is 14.0. The molecule has 2 aromatic heterocycles. The lowest BCUT2D eigenvalue weighted by Crippen LogP contribution is -2.41. The second-order valence-electron chi connectivity index (χ2n) is 7.62. The Morgan fingerprint density at radius 3 is 2.52 bits per heavy atom. The minimum absolute atomic E-state index is 0.0104. The van der Waals surface area contributed by atoms with Crippen molar-refractivity contribution in [3.8, 4) is 5.88 Å². The number of piperidine rings is 1. The highest BCUT2D eigenvalue weighted by Crippen LogP contribution is 2.42. The van der Waals surface area contributed by atoms with Crippen LogP contribution in [0, 0.1) is 30.4 Å². The van der Waals surface area contributed by atoms with Gasteiger partial charge in [-0.1, -0.05) is 31.3 Å². The van der Waals surface area contributed by atoms with Crippen molar-refractivity contribution in [2.75, 3.05) is 13.1 Å². The third-order valence-corrected chi connectivity index (χ3v) is 6.15. The summed E-state index contributed by atoms with van der Waals surface area (Å²) in [7, 11) is 0. The molecular formula is C19H22F2N4OS. The standard InChI is InChI=1S/C19H22F2N4OS/c1-10-6-11(2)9-24(8-10)16(13-4-5-14(20)15(21)7-13)17-18(26)25-19(27-17)22-12(3)23-25/h4-5,7,10-11,16,26H,6,8-9H2,1-3H3/t10-,11-,16+/m0/s1. The second-order valence-corrected chi connectivity index (χ2v) is 8.63. The van der Waals surface area contributed by atoms with Crippen LogP contribution in [-0.2, 0) is 0 Å². The van der Waals surface area contributed by atoms with E-state index in [4.69, 9.17) is 0 Å². The summed E-state index contributed by atoms with van der Waals surface area (Å²) in [6, 6.07) is 3.59. The number of aryl methyl sites for hydroxylation is 1. The summed E-state index contributed by atoms with van der Waals surface area (Å²) in [5.74, 6) is -0.212. The molecule has 8 heteroatoms. The van der Waals surface area contributed by atoms with E-state index in [1.54, 1.807) is 13.0 Å². The summed E-state index contributed by atoms with van der Waals surface area (Å²) in [6.45, 7) is 7.79. The molecule has 1 aliphatic rings. The smallest absolute Gasteiger partial charge is 0.230 e. The number of rotatable bonds is 3. The molecule has 0 radical (unpaired) electrons. The van der Waals surface area contributed by atoms with Gasteiger partial charge in [-0.2, -0.15) is 4.52 Å². The zero-order chi connectivity index (χ0) is 19.3. The average Bonchev–Trinajstić information content (AvgIpc) is 3.08. The molecule has 0 unspecified atom stereocenters. The highest BCUT2D eigenvalue weighted by Gasteiger charge is 2.34. The van der Waals surface area contributed by atoms with Gasteiger partial charge in [-0.15, -0.1) is 5.10 Å². The van der Waals surface area contributed by atoms with Gasteiger partial charge in [0.15, 0.2) is 11.6 Å². The van der Waals surface area contributed by atoms with Crippen molar-refractivity contribution in [3.05, 3.63) is 46.1 Å². The number of halogens is 2. The van der Waals surface area contributed by atoms with Crippen LogP contribution in [0.3, 0.4) is 0 Å². The molecule has 1 saturated heterocycles. The fourth-order valence-electron chi connectivity index (χ4n) is 4.16. The van der Waals surface area contributed by atoms with Crippen LogP contribution in [0.15, 0.2) is 18.2 Å². The Morgan fingerprint density at radius 2 is 1.89 bits per heavy atom. The first-order valence-electron chi connectivity index (χ1n) is 9.07. The van der Waals surface area contributed by atoms with Crippen molar-refractivity contribution >= 4 is 16.3 Å². The Labute approximate surface area is 160 Å². The average molecular weight is 392 g/mol. The van der Waals surface area contributed by atoms with Crippen molar-refractivity contribution in [2.24, 2.45) is 11.8 Å². The minimum atomic E-state index is -0.884. The quantitative estimate of drug-likeness (QED) is 0.728. The molecule has 3 aromatic rings. The molecule has 3 atom stereocenters. The lowest BCUT2D eigenvalue weighted by molar-refractivity contribution is 0.111. The van der Waals surface area contributed by atoms with Crippen molar-refractivity contribution in [3.63, 3.8) is 0 Å². The summed E-state index contributed by atoms with van der Waals surface area (Å²) in [4.78, 5) is 7.81. The molecule has 0 saturated carbocycles. The van der Waals surface area contributed by atoms with E-state index in [1.165, 1.54) is 21.9 Å². The van der Waals surface area contributed by atoms with Crippen LogP contribution in [0.5, 0.6) is 5.88 Å². The number of likely N-dealkylation sites (tertiary alicyclic amines) is 1. The van der Waals surface area contributed by atoms with Gasteiger partial charge >= 0.3 is 0 Å². The van der Waals surface area contributed by atoms with Gasteiger partial charge in [0.1, 0.15) is 5.82 Å². The van der Waals surface area contributed by atoms with E-state index in [0.717, 1.165) is 25.6 Å². The van der Waals surface area contributed by atoms with Gasteiger partial charge in [-0.05, 0) is 42.9 Å². The van der Waals surface area contributed by atoms with Crippen LogP contribution in [0.2, 0.25) is 0 Å². The van der Waals surface area contributed by atoms with Crippen molar-refractivity contribution in [1.29, 1.82) is 0 Å². The number of hydrogen-bond donors (Lipinski definition) is 1. The summed E-state index contributed by atoms with van der Waals surface area (Å²) >= 11 is 1.34. The number of benzene rings is 1. The van der Waals surface area contributed by atoms with E-state index in [0.29, 0.717) is 33.1 Å². The van der Waals surface area contributed by atoms with Gasteiger partial charge in [0.2, 0.25) is 10.8 Å². The molecule has 0 aliphatic carbocycles. The maximum Gasteiger partial charge on any atom is 0.230 e. The van der Waals surface area contributed by atoms with Crippen LogP contribution in [0.25, 0.3) is 4.96 Å². The summed E-state index contributed by atoms with van der Waals surface area (Å²) in [6.07, 6.45) is 1.13. The van der Waals surface area contributed by atoms with Crippen LogP contribution >= 0.6 is 11.3 Å².